The van der Waals surface area contributed by atoms with Crippen molar-refractivity contribution in [3.8, 4) is 0 Å². The fourth-order valence-corrected chi connectivity index (χ4v) is 4.10. The molecule has 0 saturated carbocycles. The lowest BCUT2D eigenvalue weighted by atomic mass is 10.1. The molecule has 1 aromatic rings. The smallest absolute Gasteiger partial charge is 0.320 e. The van der Waals surface area contributed by atoms with Gasteiger partial charge < -0.3 is 14.5 Å². The van der Waals surface area contributed by atoms with Crippen LogP contribution in [0.25, 0.3) is 0 Å². The van der Waals surface area contributed by atoms with Crippen molar-refractivity contribution in [3.05, 3.63) is 35.4 Å². The molecule has 0 unspecified atom stereocenters. The predicted octanol–water partition coefficient (Wildman–Crippen LogP) is 1.09. The Morgan fingerprint density at radius 3 is 2.03 bits per heavy atom. The van der Waals surface area contributed by atoms with E-state index in [2.05, 4.69) is 4.90 Å². The molecule has 0 aromatic heterocycles. The Bertz CT molecular complexity index is 847. The zero-order valence-electron chi connectivity index (χ0n) is 19.8. The van der Waals surface area contributed by atoms with Crippen molar-refractivity contribution in [2.45, 2.75) is 32.8 Å². The summed E-state index contributed by atoms with van der Waals surface area (Å²) in [5.41, 5.74) is 0.385. The first-order chi connectivity index (χ1) is 15.7. The van der Waals surface area contributed by atoms with Crippen molar-refractivity contribution >= 4 is 24.2 Å². The minimum atomic E-state index is -0.540. The molecule has 1 fully saturated rings. The second-order valence-corrected chi connectivity index (χ2v) is 9.51. The Balaban J connectivity index is 1.54. The van der Waals surface area contributed by atoms with Gasteiger partial charge in [0.05, 0.1) is 17.7 Å². The molecule has 0 atom stereocenters. The predicted molar refractivity (Wildman–Crippen MR) is 123 cm³/mol. The van der Waals surface area contributed by atoms with E-state index < -0.39 is 5.60 Å². The Kier molecular flexibility index (Phi) is 8.20. The molecule has 3 rings (SSSR count). The molecule has 2 aliphatic heterocycles. The first-order valence-electron chi connectivity index (χ1n) is 11.5. The van der Waals surface area contributed by atoms with Gasteiger partial charge in [-0.1, -0.05) is 12.1 Å². The minimum Gasteiger partial charge on any atom is -0.459 e. The van der Waals surface area contributed by atoms with Crippen molar-refractivity contribution in [1.29, 1.82) is 0 Å². The number of fused-ring (bicyclic) bond motifs is 1. The summed E-state index contributed by atoms with van der Waals surface area (Å²) in [6.07, 6.45) is 1.48. The summed E-state index contributed by atoms with van der Waals surface area (Å²) in [6, 6.07) is 6.90. The summed E-state index contributed by atoms with van der Waals surface area (Å²) in [4.78, 5) is 56.1. The van der Waals surface area contributed by atoms with Crippen LogP contribution < -0.4 is 0 Å². The summed E-state index contributed by atoms with van der Waals surface area (Å²) >= 11 is 0. The van der Waals surface area contributed by atoms with Crippen molar-refractivity contribution in [3.63, 3.8) is 0 Å². The van der Waals surface area contributed by atoms with E-state index in [4.69, 9.17) is 4.74 Å². The van der Waals surface area contributed by atoms with Crippen molar-refractivity contribution < 1.29 is 23.9 Å². The molecular formula is C24H34N4O5. The maximum absolute atomic E-state index is 12.6. The number of rotatable bonds is 7. The maximum atomic E-state index is 12.6. The Labute approximate surface area is 195 Å². The summed E-state index contributed by atoms with van der Waals surface area (Å²) in [5.74, 6) is -0.761. The van der Waals surface area contributed by atoms with Crippen molar-refractivity contribution in [2.24, 2.45) is 0 Å². The second-order valence-electron chi connectivity index (χ2n) is 9.51. The van der Waals surface area contributed by atoms with Crippen LogP contribution in [0.4, 0.5) is 0 Å². The van der Waals surface area contributed by atoms with Gasteiger partial charge in [0.2, 0.25) is 6.41 Å². The topological polar surface area (TPSA) is 90.5 Å². The monoisotopic (exact) mass is 458 g/mol. The summed E-state index contributed by atoms with van der Waals surface area (Å²) in [5, 5.41) is 0. The lowest BCUT2D eigenvalue weighted by Gasteiger charge is -2.27. The SMILES string of the molecule is CC(C)(C)OC(=O)CN1CCN(C=O)CCN(CCCN2C(=O)c3ccccc3C2=O)CC1. The number of esters is 1. The normalized spacial score (nSPS) is 18.5. The van der Waals surface area contributed by atoms with Gasteiger partial charge in [0.1, 0.15) is 5.60 Å². The zero-order chi connectivity index (χ0) is 24.0. The number of imide groups is 1. The van der Waals surface area contributed by atoms with Gasteiger partial charge in [-0.3, -0.25) is 29.0 Å². The van der Waals surface area contributed by atoms with Gasteiger partial charge in [-0.2, -0.15) is 0 Å². The molecule has 33 heavy (non-hydrogen) atoms. The van der Waals surface area contributed by atoms with E-state index >= 15 is 0 Å². The molecule has 1 aromatic carbocycles. The number of hydrogen-bond donors (Lipinski definition) is 0. The number of hydrogen-bond acceptors (Lipinski definition) is 7. The average molecular weight is 459 g/mol. The van der Waals surface area contributed by atoms with Gasteiger partial charge in [-0.05, 0) is 45.9 Å². The Morgan fingerprint density at radius 2 is 1.45 bits per heavy atom. The highest BCUT2D eigenvalue weighted by Crippen LogP contribution is 2.22. The van der Waals surface area contributed by atoms with Gasteiger partial charge in [-0.25, -0.2) is 0 Å². The number of ether oxygens (including phenoxy) is 1. The van der Waals surface area contributed by atoms with Gasteiger partial charge in [0.25, 0.3) is 11.8 Å². The largest absolute Gasteiger partial charge is 0.459 e. The highest BCUT2D eigenvalue weighted by atomic mass is 16.6. The molecular weight excluding hydrogens is 424 g/mol. The quantitative estimate of drug-likeness (QED) is 0.343. The van der Waals surface area contributed by atoms with Crippen LogP contribution in [-0.2, 0) is 14.3 Å². The summed E-state index contributed by atoms with van der Waals surface area (Å²) < 4.78 is 5.45. The molecule has 2 heterocycles. The van der Waals surface area contributed by atoms with Gasteiger partial charge in [-0.15, -0.1) is 0 Å². The Hall–Kier alpha value is -2.78. The number of benzene rings is 1. The Morgan fingerprint density at radius 1 is 0.909 bits per heavy atom. The second kappa shape index (κ2) is 10.9. The highest BCUT2D eigenvalue weighted by molar-refractivity contribution is 6.21. The molecule has 3 amide bonds. The van der Waals surface area contributed by atoms with E-state index in [1.54, 1.807) is 29.2 Å². The van der Waals surface area contributed by atoms with E-state index in [9.17, 15) is 19.2 Å². The molecule has 0 aliphatic carbocycles. The average Bonchev–Trinajstić information content (AvgIpc) is 3.04. The fraction of sp³-hybridized carbons (Fsp3) is 0.583. The van der Waals surface area contributed by atoms with Crippen LogP contribution >= 0.6 is 0 Å². The standard InChI is InChI=1S/C24H34N4O5/c1-24(2,3)33-21(30)17-26-13-11-25(12-15-27(18-29)16-14-26)9-6-10-28-22(31)19-7-4-5-8-20(19)23(28)32/h4-5,7-8,18H,6,9-17H2,1-3H3. The highest BCUT2D eigenvalue weighted by Gasteiger charge is 2.34. The van der Waals surface area contributed by atoms with Crippen LogP contribution in [0, 0.1) is 0 Å². The third-order valence-corrected chi connectivity index (χ3v) is 5.80. The number of amides is 3. The van der Waals surface area contributed by atoms with Gasteiger partial charge >= 0.3 is 5.97 Å². The fourth-order valence-electron chi connectivity index (χ4n) is 4.10. The van der Waals surface area contributed by atoms with Crippen LogP contribution in [0.3, 0.4) is 0 Å². The van der Waals surface area contributed by atoms with E-state index in [1.807, 2.05) is 25.7 Å². The first kappa shape index (κ1) is 24.9. The molecule has 0 radical (unpaired) electrons. The van der Waals surface area contributed by atoms with E-state index in [1.165, 1.54) is 4.90 Å². The molecule has 9 nitrogen and oxygen atoms in total. The minimum absolute atomic E-state index is 0.173. The molecule has 1 saturated heterocycles. The third kappa shape index (κ3) is 6.85. The van der Waals surface area contributed by atoms with Gasteiger partial charge in [0, 0.05) is 45.8 Å². The van der Waals surface area contributed by atoms with Gasteiger partial charge in [0.15, 0.2) is 0 Å². The van der Waals surface area contributed by atoms with Crippen molar-refractivity contribution in [2.75, 3.05) is 58.9 Å². The third-order valence-electron chi connectivity index (χ3n) is 5.80. The molecule has 0 spiro atoms. The molecule has 180 valence electrons. The summed E-state index contributed by atoms with van der Waals surface area (Å²) in [6.45, 7) is 10.6. The van der Waals surface area contributed by atoms with E-state index in [-0.39, 0.29) is 24.3 Å². The van der Waals surface area contributed by atoms with Crippen molar-refractivity contribution in [1.82, 2.24) is 19.6 Å². The van der Waals surface area contributed by atoms with Crippen LogP contribution in [0.15, 0.2) is 24.3 Å². The molecule has 0 N–H and O–H groups in total. The lowest BCUT2D eigenvalue weighted by molar-refractivity contribution is -0.156. The van der Waals surface area contributed by atoms with Crippen LogP contribution in [0.2, 0.25) is 0 Å². The lowest BCUT2D eigenvalue weighted by Crippen LogP contribution is -2.41. The van der Waals surface area contributed by atoms with Crippen LogP contribution in [0.1, 0.15) is 47.9 Å². The van der Waals surface area contributed by atoms with E-state index in [0.717, 1.165) is 13.0 Å². The maximum Gasteiger partial charge on any atom is 0.320 e. The zero-order valence-corrected chi connectivity index (χ0v) is 19.8. The summed E-state index contributed by atoms with van der Waals surface area (Å²) in [7, 11) is 0. The van der Waals surface area contributed by atoms with Crippen LogP contribution in [0.5, 0.6) is 0 Å². The number of nitrogens with zero attached hydrogens (tertiary/aromatic N) is 4. The first-order valence-corrected chi connectivity index (χ1v) is 11.5. The molecule has 2 aliphatic rings. The molecule has 0 bridgehead atoms. The molecule has 9 heteroatoms. The number of carbonyl (C=O) groups excluding carboxylic acids is 4. The van der Waals surface area contributed by atoms with Crippen LogP contribution in [-0.4, -0.2) is 108 Å². The number of carbonyl (C=O) groups is 4. The van der Waals surface area contributed by atoms with E-state index in [0.29, 0.717) is 63.4 Å².